The third-order valence-corrected chi connectivity index (χ3v) is 5.12. The number of halogens is 1. The van der Waals surface area contributed by atoms with Crippen LogP contribution in [0.2, 0.25) is 5.02 Å². The Kier molecular flexibility index (Phi) is 5.96. The smallest absolute Gasteiger partial charge is 0.316 e. The predicted molar refractivity (Wildman–Crippen MR) is 99.1 cm³/mol. The quantitative estimate of drug-likeness (QED) is 0.477. The van der Waals surface area contributed by atoms with Gasteiger partial charge in [0, 0.05) is 10.6 Å². The minimum atomic E-state index is -0.552. The first-order chi connectivity index (χ1) is 12.6. The third-order valence-electron chi connectivity index (χ3n) is 4.03. The van der Waals surface area contributed by atoms with Crippen molar-refractivity contribution < 1.29 is 9.53 Å². The van der Waals surface area contributed by atoms with Gasteiger partial charge in [-0.25, -0.2) is 4.98 Å². The summed E-state index contributed by atoms with van der Waals surface area (Å²) < 4.78 is 5.39. The summed E-state index contributed by atoms with van der Waals surface area (Å²) in [6.07, 6.45) is 3.97. The van der Waals surface area contributed by atoms with Crippen molar-refractivity contribution in [2.75, 3.05) is 5.75 Å². The molecular formula is C18H16ClN3O3S. The monoisotopic (exact) mass is 389 g/mol. The topological polar surface area (TPSA) is 95.8 Å². The molecule has 26 heavy (non-hydrogen) atoms. The number of nitrogens with one attached hydrogen (secondary N) is 1. The predicted octanol–water partition coefficient (Wildman–Crippen LogP) is 3.54. The van der Waals surface area contributed by atoms with Crippen LogP contribution >= 0.6 is 23.4 Å². The molecule has 1 fully saturated rings. The van der Waals surface area contributed by atoms with E-state index in [0.717, 1.165) is 37.4 Å². The number of carbonyl (C=O) groups is 1. The SMILES string of the molecule is N#Cc1c(-c2cccc(Cl)c2)nc(SCC(=O)OC2CCCC2)[nH]c1=O. The number of hydrogen-bond donors (Lipinski definition) is 1. The molecule has 1 heterocycles. The first-order valence-corrected chi connectivity index (χ1v) is 9.56. The molecule has 1 aromatic carbocycles. The lowest BCUT2D eigenvalue weighted by Crippen LogP contribution is -2.18. The number of ether oxygens (including phenoxy) is 1. The molecule has 6 nitrogen and oxygen atoms in total. The Morgan fingerprint density at radius 2 is 2.19 bits per heavy atom. The lowest BCUT2D eigenvalue weighted by molar-refractivity contribution is -0.145. The summed E-state index contributed by atoms with van der Waals surface area (Å²) in [6, 6.07) is 8.63. The molecule has 0 bridgehead atoms. The Balaban J connectivity index is 1.79. The van der Waals surface area contributed by atoms with Crippen molar-refractivity contribution in [1.82, 2.24) is 9.97 Å². The molecule has 1 aliphatic carbocycles. The Labute approximate surface area is 159 Å². The molecule has 2 aromatic rings. The number of benzene rings is 1. The summed E-state index contributed by atoms with van der Waals surface area (Å²) in [7, 11) is 0. The number of carbonyl (C=O) groups excluding carboxylic acids is 1. The highest BCUT2D eigenvalue weighted by Crippen LogP contribution is 2.25. The number of esters is 1. The van der Waals surface area contributed by atoms with Crippen LogP contribution in [0, 0.1) is 11.3 Å². The van der Waals surface area contributed by atoms with E-state index >= 15 is 0 Å². The first kappa shape index (κ1) is 18.5. The maximum absolute atomic E-state index is 12.2. The summed E-state index contributed by atoms with van der Waals surface area (Å²) in [5, 5.41) is 10.0. The van der Waals surface area contributed by atoms with Gasteiger partial charge >= 0.3 is 5.97 Å². The van der Waals surface area contributed by atoms with Crippen LogP contribution in [0.25, 0.3) is 11.3 Å². The fourth-order valence-electron chi connectivity index (χ4n) is 2.82. The van der Waals surface area contributed by atoms with Crippen molar-refractivity contribution in [3.05, 3.63) is 45.2 Å². The molecule has 1 aliphatic rings. The lowest BCUT2D eigenvalue weighted by Gasteiger charge is -2.11. The Bertz CT molecular complexity index is 917. The van der Waals surface area contributed by atoms with Crippen molar-refractivity contribution >= 4 is 29.3 Å². The number of nitriles is 1. The van der Waals surface area contributed by atoms with Gasteiger partial charge in [-0.05, 0) is 37.8 Å². The number of rotatable bonds is 5. The van der Waals surface area contributed by atoms with Gasteiger partial charge in [-0.1, -0.05) is 35.5 Å². The first-order valence-electron chi connectivity index (χ1n) is 8.19. The van der Waals surface area contributed by atoms with E-state index in [4.69, 9.17) is 16.3 Å². The average Bonchev–Trinajstić information content (AvgIpc) is 3.12. The van der Waals surface area contributed by atoms with E-state index in [-0.39, 0.29) is 34.2 Å². The number of hydrogen-bond acceptors (Lipinski definition) is 6. The highest BCUT2D eigenvalue weighted by atomic mass is 35.5. The van der Waals surface area contributed by atoms with Gasteiger partial charge in [0.15, 0.2) is 5.16 Å². The Hall–Kier alpha value is -2.30. The largest absolute Gasteiger partial charge is 0.462 e. The molecule has 0 aliphatic heterocycles. The van der Waals surface area contributed by atoms with Crippen molar-refractivity contribution in [1.29, 1.82) is 5.26 Å². The van der Waals surface area contributed by atoms with Crippen molar-refractivity contribution in [2.24, 2.45) is 0 Å². The summed E-state index contributed by atoms with van der Waals surface area (Å²) in [5.74, 6) is -0.293. The highest BCUT2D eigenvalue weighted by Gasteiger charge is 2.20. The normalized spacial score (nSPS) is 14.2. The number of thioether (sulfide) groups is 1. The molecule has 8 heteroatoms. The number of nitrogens with zero attached hydrogens (tertiary/aromatic N) is 2. The lowest BCUT2D eigenvalue weighted by atomic mass is 10.1. The Morgan fingerprint density at radius 3 is 2.88 bits per heavy atom. The van der Waals surface area contributed by atoms with Gasteiger partial charge in [0.25, 0.3) is 5.56 Å². The highest BCUT2D eigenvalue weighted by molar-refractivity contribution is 7.99. The van der Waals surface area contributed by atoms with Crippen LogP contribution in [0.3, 0.4) is 0 Å². The third kappa shape index (κ3) is 4.45. The van der Waals surface area contributed by atoms with Crippen LogP contribution in [0.1, 0.15) is 31.2 Å². The van der Waals surface area contributed by atoms with Gasteiger partial charge in [-0.2, -0.15) is 5.26 Å². The van der Waals surface area contributed by atoms with E-state index in [2.05, 4.69) is 9.97 Å². The van der Waals surface area contributed by atoms with Gasteiger partial charge < -0.3 is 9.72 Å². The second kappa shape index (κ2) is 8.39. The number of aromatic nitrogens is 2. The van der Waals surface area contributed by atoms with Crippen molar-refractivity contribution in [2.45, 2.75) is 36.9 Å². The van der Waals surface area contributed by atoms with Crippen LogP contribution < -0.4 is 5.56 Å². The van der Waals surface area contributed by atoms with E-state index in [1.165, 1.54) is 0 Å². The van der Waals surface area contributed by atoms with E-state index in [9.17, 15) is 14.9 Å². The molecule has 0 saturated heterocycles. The average molecular weight is 390 g/mol. The number of aromatic amines is 1. The van der Waals surface area contributed by atoms with Gasteiger partial charge in [-0.3, -0.25) is 9.59 Å². The van der Waals surface area contributed by atoms with Crippen LogP contribution in [-0.4, -0.2) is 27.8 Å². The van der Waals surface area contributed by atoms with Crippen LogP contribution in [0.15, 0.2) is 34.2 Å². The van der Waals surface area contributed by atoms with Gasteiger partial charge in [-0.15, -0.1) is 0 Å². The molecule has 0 amide bonds. The van der Waals surface area contributed by atoms with Crippen molar-refractivity contribution in [3.63, 3.8) is 0 Å². The molecule has 0 atom stereocenters. The summed E-state index contributed by atoms with van der Waals surface area (Å²) in [5.41, 5.74) is 0.162. The molecule has 0 radical (unpaired) electrons. The van der Waals surface area contributed by atoms with Gasteiger partial charge in [0.1, 0.15) is 17.7 Å². The second-order valence-corrected chi connectivity index (χ2v) is 7.30. The molecule has 134 valence electrons. The van der Waals surface area contributed by atoms with E-state index in [0.29, 0.717) is 10.6 Å². The van der Waals surface area contributed by atoms with Gasteiger partial charge in [0.2, 0.25) is 0 Å². The molecule has 1 aromatic heterocycles. The molecular weight excluding hydrogens is 374 g/mol. The van der Waals surface area contributed by atoms with Gasteiger partial charge in [0.05, 0.1) is 11.4 Å². The van der Waals surface area contributed by atoms with E-state index < -0.39 is 5.56 Å². The Morgan fingerprint density at radius 1 is 1.42 bits per heavy atom. The molecule has 0 unspecified atom stereocenters. The van der Waals surface area contributed by atoms with E-state index in [1.54, 1.807) is 24.3 Å². The summed E-state index contributed by atoms with van der Waals surface area (Å²) in [6.45, 7) is 0. The molecule has 1 N–H and O–H groups in total. The maximum atomic E-state index is 12.2. The second-order valence-electron chi connectivity index (χ2n) is 5.90. The zero-order valence-electron chi connectivity index (χ0n) is 13.8. The molecule has 3 rings (SSSR count). The summed E-state index contributed by atoms with van der Waals surface area (Å²) in [4.78, 5) is 31.0. The van der Waals surface area contributed by atoms with E-state index in [1.807, 2.05) is 6.07 Å². The number of H-pyrrole nitrogens is 1. The zero-order chi connectivity index (χ0) is 18.5. The fraction of sp³-hybridized carbons (Fsp3) is 0.333. The fourth-order valence-corrected chi connectivity index (χ4v) is 3.66. The van der Waals surface area contributed by atoms with Crippen LogP contribution in [0.5, 0.6) is 0 Å². The minimum absolute atomic E-state index is 0.00176. The van der Waals surface area contributed by atoms with Crippen LogP contribution in [0.4, 0.5) is 0 Å². The van der Waals surface area contributed by atoms with Crippen molar-refractivity contribution in [3.8, 4) is 17.3 Å². The molecule has 0 spiro atoms. The standard InChI is InChI=1S/C18H16ClN3O3S/c19-12-5-3-4-11(8-12)16-14(9-20)17(24)22-18(21-16)26-10-15(23)25-13-6-1-2-7-13/h3-5,8,13H,1-2,6-7,10H2,(H,21,22,24). The zero-order valence-corrected chi connectivity index (χ0v) is 15.4. The minimum Gasteiger partial charge on any atom is -0.462 e. The maximum Gasteiger partial charge on any atom is 0.316 e. The summed E-state index contributed by atoms with van der Waals surface area (Å²) >= 11 is 7.07. The molecule has 1 saturated carbocycles. The van der Waals surface area contributed by atoms with Crippen LogP contribution in [-0.2, 0) is 9.53 Å².